The van der Waals surface area contributed by atoms with Gasteiger partial charge in [-0.1, -0.05) is 6.92 Å². The Morgan fingerprint density at radius 1 is 1.33 bits per heavy atom. The molecule has 1 N–H and O–H groups in total. The van der Waals surface area contributed by atoms with Crippen molar-refractivity contribution in [2.24, 2.45) is 0 Å². The quantitative estimate of drug-likeness (QED) is 0.837. The second-order valence-corrected chi connectivity index (χ2v) is 6.85. The molecule has 5 nitrogen and oxygen atoms in total. The molecule has 0 saturated heterocycles. The van der Waals surface area contributed by atoms with Gasteiger partial charge in [0.05, 0.1) is 17.7 Å². The van der Waals surface area contributed by atoms with Gasteiger partial charge in [0.1, 0.15) is 5.00 Å². The number of carbonyl (C=O) groups excluding carboxylic acids is 2. The second kappa shape index (κ2) is 7.57. The van der Waals surface area contributed by atoms with Crippen LogP contribution in [-0.4, -0.2) is 23.5 Å². The van der Waals surface area contributed by atoms with E-state index in [1.807, 2.05) is 6.92 Å². The lowest BCUT2D eigenvalue weighted by molar-refractivity contribution is 0.0505. The van der Waals surface area contributed by atoms with E-state index in [9.17, 15) is 9.59 Å². The van der Waals surface area contributed by atoms with E-state index < -0.39 is 0 Å². The van der Waals surface area contributed by atoms with Crippen molar-refractivity contribution in [3.05, 3.63) is 46.1 Å². The second-order valence-electron chi connectivity index (χ2n) is 5.75. The van der Waals surface area contributed by atoms with Gasteiger partial charge < -0.3 is 10.1 Å². The van der Waals surface area contributed by atoms with Crippen molar-refractivity contribution in [2.45, 2.75) is 39.0 Å². The Morgan fingerprint density at radius 3 is 2.92 bits per heavy atom. The Hall–Kier alpha value is -2.21. The highest BCUT2D eigenvalue weighted by Crippen LogP contribution is 2.38. The number of esters is 1. The third-order valence-corrected chi connectivity index (χ3v) is 5.17. The number of aryl methyl sites for hydroxylation is 1. The summed E-state index contributed by atoms with van der Waals surface area (Å²) in [5.74, 6) is -0.594. The van der Waals surface area contributed by atoms with Gasteiger partial charge in [-0.2, -0.15) is 0 Å². The molecule has 126 valence electrons. The first-order valence-corrected chi connectivity index (χ1v) is 9.05. The van der Waals surface area contributed by atoms with E-state index in [4.69, 9.17) is 4.74 Å². The summed E-state index contributed by atoms with van der Waals surface area (Å²) in [6.45, 7) is 2.35. The summed E-state index contributed by atoms with van der Waals surface area (Å²) in [4.78, 5) is 30.1. The summed E-state index contributed by atoms with van der Waals surface area (Å²) >= 11 is 1.49. The van der Waals surface area contributed by atoms with E-state index in [2.05, 4.69) is 10.3 Å². The molecule has 1 amide bonds. The summed E-state index contributed by atoms with van der Waals surface area (Å²) in [5.41, 5.74) is 2.06. The Bertz CT molecular complexity index is 740. The van der Waals surface area contributed by atoms with Crippen LogP contribution in [0.1, 0.15) is 57.3 Å². The first-order chi connectivity index (χ1) is 11.7. The van der Waals surface area contributed by atoms with Gasteiger partial charge in [0, 0.05) is 17.3 Å². The third-order valence-electron chi connectivity index (χ3n) is 3.96. The fourth-order valence-electron chi connectivity index (χ4n) is 2.81. The highest BCUT2D eigenvalue weighted by Gasteiger charge is 2.27. The van der Waals surface area contributed by atoms with Crippen molar-refractivity contribution in [1.82, 2.24) is 4.98 Å². The Balaban J connectivity index is 1.90. The number of nitrogens with zero attached hydrogens (tertiary/aromatic N) is 1. The summed E-state index contributed by atoms with van der Waals surface area (Å²) in [5, 5.41) is 3.47. The van der Waals surface area contributed by atoms with Crippen LogP contribution >= 0.6 is 11.3 Å². The number of carbonyl (C=O) groups is 2. The Labute approximate surface area is 145 Å². The predicted octanol–water partition coefficient (Wildman–Crippen LogP) is 3.84. The Morgan fingerprint density at radius 2 is 2.17 bits per heavy atom. The lowest BCUT2D eigenvalue weighted by Gasteiger charge is -2.12. The molecule has 3 rings (SSSR count). The number of rotatable bonds is 5. The van der Waals surface area contributed by atoms with Crippen LogP contribution in [0.15, 0.2) is 24.5 Å². The number of hydrogen-bond acceptors (Lipinski definition) is 5. The van der Waals surface area contributed by atoms with Gasteiger partial charge in [-0.25, -0.2) is 4.79 Å². The molecule has 0 atom stereocenters. The molecule has 0 radical (unpaired) electrons. The normalized spacial score (nSPS) is 13.2. The lowest BCUT2D eigenvalue weighted by atomic mass is 9.95. The van der Waals surface area contributed by atoms with Crippen LogP contribution in [0.5, 0.6) is 0 Å². The molecule has 0 fully saturated rings. The maximum atomic E-state index is 12.5. The van der Waals surface area contributed by atoms with Crippen LogP contribution in [0.4, 0.5) is 5.00 Å². The summed E-state index contributed by atoms with van der Waals surface area (Å²) in [7, 11) is 0. The molecule has 0 aromatic carbocycles. The number of aromatic nitrogens is 1. The summed E-state index contributed by atoms with van der Waals surface area (Å²) < 4.78 is 5.33. The van der Waals surface area contributed by atoms with Crippen molar-refractivity contribution in [2.75, 3.05) is 11.9 Å². The molecule has 6 heteroatoms. The molecule has 2 aromatic rings. The monoisotopic (exact) mass is 344 g/mol. The SMILES string of the molecule is CCCOC(=O)c1c(NC(=O)c2cccnc2)sc2c1CCCC2. The van der Waals surface area contributed by atoms with Crippen molar-refractivity contribution < 1.29 is 14.3 Å². The first-order valence-electron chi connectivity index (χ1n) is 8.23. The minimum absolute atomic E-state index is 0.258. The lowest BCUT2D eigenvalue weighted by Crippen LogP contribution is -2.16. The minimum Gasteiger partial charge on any atom is -0.462 e. The molecule has 0 saturated carbocycles. The molecule has 24 heavy (non-hydrogen) atoms. The maximum absolute atomic E-state index is 12.5. The molecular weight excluding hydrogens is 324 g/mol. The molecule has 0 aliphatic heterocycles. The fourth-order valence-corrected chi connectivity index (χ4v) is 4.08. The van der Waals surface area contributed by atoms with Gasteiger partial charge >= 0.3 is 5.97 Å². The topological polar surface area (TPSA) is 68.3 Å². The van der Waals surface area contributed by atoms with Gasteiger partial charge in [0.15, 0.2) is 0 Å². The largest absolute Gasteiger partial charge is 0.462 e. The molecule has 2 aromatic heterocycles. The summed E-state index contributed by atoms with van der Waals surface area (Å²) in [6.07, 6.45) is 7.91. The zero-order valence-corrected chi connectivity index (χ0v) is 14.4. The molecule has 1 aliphatic carbocycles. The first kappa shape index (κ1) is 16.6. The van der Waals surface area contributed by atoms with E-state index in [-0.39, 0.29) is 11.9 Å². The average molecular weight is 344 g/mol. The van der Waals surface area contributed by atoms with Gasteiger partial charge in [-0.3, -0.25) is 9.78 Å². The van der Waals surface area contributed by atoms with E-state index in [0.29, 0.717) is 22.7 Å². The zero-order chi connectivity index (χ0) is 16.9. The number of anilines is 1. The molecule has 0 spiro atoms. The molecule has 0 unspecified atom stereocenters. The standard InChI is InChI=1S/C18H20N2O3S/c1-2-10-23-18(22)15-13-7-3-4-8-14(13)24-17(15)20-16(21)12-6-5-9-19-11-12/h5-6,9,11H,2-4,7-8,10H2,1H3,(H,20,21). The van der Waals surface area contributed by atoms with Gasteiger partial charge in [0.2, 0.25) is 0 Å². The van der Waals surface area contributed by atoms with E-state index in [0.717, 1.165) is 37.7 Å². The van der Waals surface area contributed by atoms with Crippen LogP contribution < -0.4 is 5.32 Å². The van der Waals surface area contributed by atoms with Gasteiger partial charge in [-0.05, 0) is 49.8 Å². The highest BCUT2D eigenvalue weighted by atomic mass is 32.1. The third kappa shape index (κ3) is 3.48. The highest BCUT2D eigenvalue weighted by molar-refractivity contribution is 7.17. The van der Waals surface area contributed by atoms with Gasteiger partial charge in [-0.15, -0.1) is 11.3 Å². The molecular formula is C18H20N2O3S. The number of fused-ring (bicyclic) bond motifs is 1. The number of thiophene rings is 1. The van der Waals surface area contributed by atoms with Crippen molar-refractivity contribution in [1.29, 1.82) is 0 Å². The van der Waals surface area contributed by atoms with Crippen LogP contribution in [0.2, 0.25) is 0 Å². The van der Waals surface area contributed by atoms with E-state index in [1.54, 1.807) is 18.3 Å². The van der Waals surface area contributed by atoms with Crippen molar-refractivity contribution >= 4 is 28.2 Å². The predicted molar refractivity (Wildman–Crippen MR) is 93.7 cm³/mol. The maximum Gasteiger partial charge on any atom is 0.341 e. The zero-order valence-electron chi connectivity index (χ0n) is 13.6. The minimum atomic E-state index is -0.335. The van der Waals surface area contributed by atoms with Crippen LogP contribution in [0.25, 0.3) is 0 Å². The number of ether oxygens (including phenoxy) is 1. The molecule has 1 aliphatic rings. The fraction of sp³-hybridized carbons (Fsp3) is 0.389. The van der Waals surface area contributed by atoms with Crippen LogP contribution in [-0.2, 0) is 17.6 Å². The average Bonchev–Trinajstić information content (AvgIpc) is 2.98. The number of pyridine rings is 1. The van der Waals surface area contributed by atoms with Gasteiger partial charge in [0.25, 0.3) is 5.91 Å². The van der Waals surface area contributed by atoms with Crippen molar-refractivity contribution in [3.63, 3.8) is 0 Å². The molecule has 0 bridgehead atoms. The van der Waals surface area contributed by atoms with Crippen LogP contribution in [0.3, 0.4) is 0 Å². The Kier molecular flexibility index (Phi) is 5.25. The number of nitrogens with one attached hydrogen (secondary N) is 1. The smallest absolute Gasteiger partial charge is 0.341 e. The van der Waals surface area contributed by atoms with Crippen molar-refractivity contribution in [3.8, 4) is 0 Å². The van der Waals surface area contributed by atoms with E-state index in [1.165, 1.54) is 22.4 Å². The van der Waals surface area contributed by atoms with Crippen LogP contribution in [0, 0.1) is 0 Å². The number of amides is 1. The van der Waals surface area contributed by atoms with E-state index >= 15 is 0 Å². The number of hydrogen-bond donors (Lipinski definition) is 1. The molecule has 2 heterocycles. The summed E-state index contributed by atoms with van der Waals surface area (Å²) in [6, 6.07) is 3.41.